The van der Waals surface area contributed by atoms with Crippen LogP contribution in [-0.2, 0) is 19.4 Å². The number of carbonyl (C=O) groups is 1. The zero-order valence-corrected chi connectivity index (χ0v) is 14.9. The van der Waals surface area contributed by atoms with Gasteiger partial charge in [-0.1, -0.05) is 13.8 Å². The number of hydrogen-bond donors (Lipinski definition) is 1. The Kier molecular flexibility index (Phi) is 6.83. The van der Waals surface area contributed by atoms with Crippen LogP contribution in [0.15, 0.2) is 0 Å². The maximum atomic E-state index is 11.7. The van der Waals surface area contributed by atoms with Crippen molar-refractivity contribution >= 4 is 15.8 Å². The van der Waals surface area contributed by atoms with E-state index in [0.29, 0.717) is 19.2 Å². The van der Waals surface area contributed by atoms with Gasteiger partial charge in [0.15, 0.2) is 9.84 Å². The van der Waals surface area contributed by atoms with Gasteiger partial charge in [0.2, 0.25) is 0 Å². The summed E-state index contributed by atoms with van der Waals surface area (Å²) in [6.45, 7) is 7.34. The van der Waals surface area contributed by atoms with Gasteiger partial charge in [0.05, 0.1) is 11.9 Å². The van der Waals surface area contributed by atoms with Crippen LogP contribution in [0.2, 0.25) is 0 Å². The summed E-state index contributed by atoms with van der Waals surface area (Å²) in [7, 11) is -1.62. The molecule has 2 unspecified atom stereocenters. The van der Waals surface area contributed by atoms with Gasteiger partial charge in [-0.25, -0.2) is 8.42 Å². The molecule has 0 aromatic heterocycles. The lowest BCUT2D eigenvalue weighted by Gasteiger charge is -2.58. The second kappa shape index (κ2) is 7.75. The van der Waals surface area contributed by atoms with Crippen LogP contribution in [-0.4, -0.2) is 68.2 Å². The molecule has 1 fully saturated rings. The van der Waals surface area contributed by atoms with Crippen molar-refractivity contribution in [3.8, 4) is 0 Å². The molecule has 0 aromatic rings. The van der Waals surface area contributed by atoms with Gasteiger partial charge in [0.1, 0.15) is 5.75 Å². The Hall–Kier alpha value is -0.660. The Bertz CT molecular complexity index is 472. The average molecular weight is 335 g/mol. The van der Waals surface area contributed by atoms with E-state index in [-0.39, 0.29) is 17.3 Å². The molecule has 0 bridgehead atoms. The minimum Gasteiger partial charge on any atom is -0.480 e. The number of carboxylic acids is 1. The van der Waals surface area contributed by atoms with Crippen molar-refractivity contribution in [3.05, 3.63) is 0 Å². The smallest absolute Gasteiger partial charge is 0.318 e. The monoisotopic (exact) mass is 335 g/mol. The zero-order valence-electron chi connectivity index (χ0n) is 14.0. The first-order valence-corrected chi connectivity index (χ1v) is 9.78. The summed E-state index contributed by atoms with van der Waals surface area (Å²) < 4.78 is 29.3. The third-order valence-corrected chi connectivity index (χ3v) is 6.55. The van der Waals surface area contributed by atoms with Gasteiger partial charge in [0.25, 0.3) is 0 Å². The highest BCUT2D eigenvalue weighted by atomic mass is 32.2. The predicted octanol–water partition coefficient (Wildman–Crippen LogP) is 1.40. The molecule has 1 saturated carbocycles. The molecule has 0 heterocycles. The number of carboxylic acid groups (broad SMARTS) is 1. The molecule has 0 aliphatic heterocycles. The molecular weight excluding hydrogens is 306 g/mol. The van der Waals surface area contributed by atoms with Crippen molar-refractivity contribution < 1.29 is 23.1 Å². The van der Waals surface area contributed by atoms with Crippen molar-refractivity contribution in [1.82, 2.24) is 4.90 Å². The molecule has 22 heavy (non-hydrogen) atoms. The SMILES string of the molecule is CCOC1CC(N(C)CCS(=O)(=O)CC(=O)O)C1(CC)CC. The second-order valence-corrected chi connectivity index (χ2v) is 8.29. The summed E-state index contributed by atoms with van der Waals surface area (Å²) in [5.41, 5.74) is 0.0708. The van der Waals surface area contributed by atoms with Crippen molar-refractivity contribution in [3.63, 3.8) is 0 Å². The van der Waals surface area contributed by atoms with Crippen LogP contribution in [0, 0.1) is 5.41 Å². The number of sulfone groups is 1. The Morgan fingerprint density at radius 1 is 1.32 bits per heavy atom. The van der Waals surface area contributed by atoms with E-state index in [1.165, 1.54) is 0 Å². The summed E-state index contributed by atoms with van der Waals surface area (Å²) in [5.74, 6) is -2.20. The fourth-order valence-corrected chi connectivity index (χ4v) is 4.74. The van der Waals surface area contributed by atoms with Crippen LogP contribution in [0.5, 0.6) is 0 Å². The van der Waals surface area contributed by atoms with Gasteiger partial charge in [0, 0.05) is 24.6 Å². The lowest BCUT2D eigenvalue weighted by molar-refractivity contribution is -0.166. The van der Waals surface area contributed by atoms with E-state index in [4.69, 9.17) is 9.84 Å². The maximum Gasteiger partial charge on any atom is 0.318 e. The highest BCUT2D eigenvalue weighted by molar-refractivity contribution is 7.92. The predicted molar refractivity (Wildman–Crippen MR) is 85.8 cm³/mol. The first-order chi connectivity index (χ1) is 10.2. The van der Waals surface area contributed by atoms with Crippen LogP contribution in [0.3, 0.4) is 0 Å². The van der Waals surface area contributed by atoms with Gasteiger partial charge >= 0.3 is 5.97 Å². The molecule has 0 aromatic carbocycles. The van der Waals surface area contributed by atoms with Gasteiger partial charge in [-0.15, -0.1) is 0 Å². The molecule has 0 spiro atoms. The summed E-state index contributed by atoms with van der Waals surface area (Å²) in [6.07, 6.45) is 3.12. The van der Waals surface area contributed by atoms with Crippen LogP contribution in [0.1, 0.15) is 40.0 Å². The summed E-state index contributed by atoms with van der Waals surface area (Å²) in [6, 6.07) is 0.291. The van der Waals surface area contributed by atoms with Crippen molar-refractivity contribution in [1.29, 1.82) is 0 Å². The number of ether oxygens (including phenoxy) is 1. The zero-order chi connectivity index (χ0) is 17.0. The number of nitrogens with zero attached hydrogens (tertiary/aromatic N) is 1. The Morgan fingerprint density at radius 2 is 1.91 bits per heavy atom. The number of rotatable bonds is 10. The van der Waals surface area contributed by atoms with E-state index in [1.54, 1.807) is 0 Å². The molecule has 0 amide bonds. The van der Waals surface area contributed by atoms with Gasteiger partial charge in [-0.2, -0.15) is 0 Å². The first-order valence-electron chi connectivity index (χ1n) is 7.96. The summed E-state index contributed by atoms with van der Waals surface area (Å²) >= 11 is 0. The third-order valence-electron chi connectivity index (χ3n) is 5.06. The number of aliphatic carboxylic acids is 1. The largest absolute Gasteiger partial charge is 0.480 e. The van der Waals surface area contributed by atoms with Crippen molar-refractivity contribution in [2.45, 2.75) is 52.2 Å². The van der Waals surface area contributed by atoms with Crippen molar-refractivity contribution in [2.24, 2.45) is 5.41 Å². The molecular formula is C15H29NO5S. The van der Waals surface area contributed by atoms with E-state index in [0.717, 1.165) is 19.3 Å². The van der Waals surface area contributed by atoms with Crippen LogP contribution < -0.4 is 0 Å². The van der Waals surface area contributed by atoms with Gasteiger partial charge in [-0.05, 0) is 33.2 Å². The highest BCUT2D eigenvalue weighted by Crippen LogP contribution is 2.51. The summed E-state index contributed by atoms with van der Waals surface area (Å²) in [5, 5.41) is 8.62. The molecule has 130 valence electrons. The minimum absolute atomic E-state index is 0.0708. The quantitative estimate of drug-likeness (QED) is 0.650. The molecule has 1 aliphatic rings. The number of hydrogen-bond acceptors (Lipinski definition) is 5. The fraction of sp³-hybridized carbons (Fsp3) is 0.933. The van der Waals surface area contributed by atoms with E-state index < -0.39 is 21.6 Å². The Morgan fingerprint density at radius 3 is 2.36 bits per heavy atom. The average Bonchev–Trinajstić information content (AvgIpc) is 2.41. The minimum atomic E-state index is -3.54. The Balaban J connectivity index is 2.66. The lowest BCUT2D eigenvalue weighted by Crippen LogP contribution is -2.64. The van der Waals surface area contributed by atoms with E-state index >= 15 is 0 Å². The van der Waals surface area contributed by atoms with E-state index in [1.807, 2.05) is 14.0 Å². The fourth-order valence-electron chi connectivity index (χ4n) is 3.66. The molecule has 7 heteroatoms. The maximum absolute atomic E-state index is 11.7. The van der Waals surface area contributed by atoms with Gasteiger partial charge in [-0.3, -0.25) is 4.79 Å². The van der Waals surface area contributed by atoms with Crippen LogP contribution >= 0.6 is 0 Å². The van der Waals surface area contributed by atoms with Crippen LogP contribution in [0.25, 0.3) is 0 Å². The topological polar surface area (TPSA) is 83.9 Å². The van der Waals surface area contributed by atoms with E-state index in [2.05, 4.69) is 18.7 Å². The molecule has 2 atom stereocenters. The molecule has 6 nitrogen and oxygen atoms in total. The van der Waals surface area contributed by atoms with Crippen molar-refractivity contribution in [2.75, 3.05) is 31.7 Å². The lowest BCUT2D eigenvalue weighted by atomic mass is 9.58. The van der Waals surface area contributed by atoms with Gasteiger partial charge < -0.3 is 14.7 Å². The molecule has 0 radical (unpaired) electrons. The van der Waals surface area contributed by atoms with E-state index in [9.17, 15) is 13.2 Å². The molecule has 0 saturated heterocycles. The van der Waals surface area contributed by atoms with Crippen LogP contribution in [0.4, 0.5) is 0 Å². The first kappa shape index (κ1) is 19.4. The highest BCUT2D eigenvalue weighted by Gasteiger charge is 2.54. The second-order valence-electron chi connectivity index (χ2n) is 6.10. The summed E-state index contributed by atoms with van der Waals surface area (Å²) in [4.78, 5) is 12.6. The standard InChI is InChI=1S/C15H29NO5S/c1-5-15(6-2)12(10-13(15)21-7-3)16(4)8-9-22(19,20)11-14(17)18/h12-13H,5-11H2,1-4H3,(H,17,18). The molecule has 1 rings (SSSR count). The molecule has 1 aliphatic carbocycles. The Labute approximate surface area is 133 Å². The molecule has 1 N–H and O–H groups in total. The third kappa shape index (κ3) is 4.20. The normalized spacial score (nSPS) is 24.2.